The summed E-state index contributed by atoms with van der Waals surface area (Å²) >= 11 is 0. The van der Waals surface area contributed by atoms with E-state index in [9.17, 15) is 4.79 Å². The molecule has 0 spiro atoms. The fourth-order valence-electron chi connectivity index (χ4n) is 2.02. The van der Waals surface area contributed by atoms with Gasteiger partial charge in [0, 0.05) is 11.1 Å². The maximum Gasteiger partial charge on any atom is 0.265 e. The Morgan fingerprint density at radius 2 is 2.11 bits per heavy atom. The number of fused-ring (bicyclic) bond motifs is 1. The summed E-state index contributed by atoms with van der Waals surface area (Å²) in [6.45, 7) is 4.25. The van der Waals surface area contributed by atoms with E-state index < -0.39 is 0 Å². The first-order valence-electron chi connectivity index (χ1n) is 6.01. The van der Waals surface area contributed by atoms with E-state index in [4.69, 9.17) is 5.84 Å². The van der Waals surface area contributed by atoms with Gasteiger partial charge in [0.15, 0.2) is 0 Å². The number of hydrazine groups is 1. The van der Waals surface area contributed by atoms with E-state index in [0.29, 0.717) is 11.5 Å². The van der Waals surface area contributed by atoms with Crippen molar-refractivity contribution in [2.24, 2.45) is 11.8 Å². The number of benzene rings is 1. The van der Waals surface area contributed by atoms with Gasteiger partial charge in [-0.15, -0.1) is 0 Å². The maximum atomic E-state index is 11.8. The second-order valence-electron chi connectivity index (χ2n) is 4.75. The van der Waals surface area contributed by atoms with Gasteiger partial charge < -0.3 is 0 Å². The molecule has 3 N–H and O–H groups in total. The normalized spacial score (nSPS) is 10.9. The Morgan fingerprint density at radius 1 is 1.39 bits per heavy atom. The van der Waals surface area contributed by atoms with Crippen molar-refractivity contribution in [3.8, 4) is 0 Å². The molecule has 2 aromatic rings. The van der Waals surface area contributed by atoms with E-state index in [0.717, 1.165) is 23.0 Å². The molecule has 2 rings (SSSR count). The Morgan fingerprint density at radius 3 is 2.78 bits per heavy atom. The first-order valence-corrected chi connectivity index (χ1v) is 6.01. The third-order valence-corrected chi connectivity index (χ3v) is 2.76. The molecule has 1 aromatic heterocycles. The smallest absolute Gasteiger partial charge is 0.265 e. The number of hydrogen-bond donors (Lipinski definition) is 2. The molecule has 0 saturated heterocycles. The highest BCUT2D eigenvalue weighted by molar-refractivity contribution is 6.05. The third-order valence-electron chi connectivity index (χ3n) is 2.76. The van der Waals surface area contributed by atoms with Crippen molar-refractivity contribution in [3.63, 3.8) is 0 Å². The molecule has 0 fully saturated rings. The number of para-hydroxylation sites is 1. The van der Waals surface area contributed by atoms with Crippen LogP contribution in [0.15, 0.2) is 30.3 Å². The number of nitrogens with zero attached hydrogens (tertiary/aromatic N) is 1. The zero-order chi connectivity index (χ0) is 13.1. The van der Waals surface area contributed by atoms with Gasteiger partial charge in [0.05, 0.1) is 11.1 Å². The maximum absolute atomic E-state index is 11.8. The van der Waals surface area contributed by atoms with Crippen LogP contribution in [0.25, 0.3) is 10.9 Å². The van der Waals surface area contributed by atoms with Gasteiger partial charge in [0.2, 0.25) is 0 Å². The molecule has 0 unspecified atom stereocenters. The van der Waals surface area contributed by atoms with Gasteiger partial charge in [0.1, 0.15) is 0 Å². The number of amides is 1. The molecule has 0 saturated carbocycles. The van der Waals surface area contributed by atoms with Crippen LogP contribution in [-0.4, -0.2) is 10.9 Å². The van der Waals surface area contributed by atoms with E-state index in [1.54, 1.807) is 0 Å². The van der Waals surface area contributed by atoms with E-state index >= 15 is 0 Å². The van der Waals surface area contributed by atoms with Crippen LogP contribution < -0.4 is 11.3 Å². The minimum absolute atomic E-state index is 0.279. The SMILES string of the molecule is CC(C)Cc1cc(C(=O)NN)c2ccccc2n1. The molecule has 0 atom stereocenters. The summed E-state index contributed by atoms with van der Waals surface area (Å²) in [6.07, 6.45) is 0.843. The monoisotopic (exact) mass is 243 g/mol. The predicted octanol–water partition coefficient (Wildman–Crippen LogP) is 2.04. The van der Waals surface area contributed by atoms with Crippen LogP contribution in [0.4, 0.5) is 0 Å². The van der Waals surface area contributed by atoms with Gasteiger partial charge in [-0.05, 0) is 24.5 Å². The number of aromatic nitrogens is 1. The van der Waals surface area contributed by atoms with Crippen LogP contribution in [-0.2, 0) is 6.42 Å². The lowest BCUT2D eigenvalue weighted by Gasteiger charge is -2.10. The number of carbonyl (C=O) groups is 1. The van der Waals surface area contributed by atoms with E-state index in [-0.39, 0.29) is 5.91 Å². The molecule has 0 bridgehead atoms. The van der Waals surface area contributed by atoms with E-state index in [1.807, 2.05) is 30.3 Å². The molecule has 1 heterocycles. The van der Waals surface area contributed by atoms with Gasteiger partial charge in [-0.2, -0.15) is 0 Å². The summed E-state index contributed by atoms with van der Waals surface area (Å²) in [6, 6.07) is 9.42. The molecule has 94 valence electrons. The number of nitrogens with two attached hydrogens (primary N) is 1. The lowest BCUT2D eigenvalue weighted by molar-refractivity contribution is 0.0955. The number of hydrogen-bond acceptors (Lipinski definition) is 3. The number of pyridine rings is 1. The highest BCUT2D eigenvalue weighted by Gasteiger charge is 2.12. The second kappa shape index (κ2) is 5.14. The second-order valence-corrected chi connectivity index (χ2v) is 4.75. The standard InChI is InChI=1S/C14H17N3O/c1-9(2)7-10-8-12(14(18)17-15)11-5-3-4-6-13(11)16-10/h3-6,8-9H,7,15H2,1-2H3,(H,17,18). The van der Waals surface area contributed by atoms with Gasteiger partial charge in [-0.1, -0.05) is 32.0 Å². The largest absolute Gasteiger partial charge is 0.290 e. The summed E-state index contributed by atoms with van der Waals surface area (Å²) in [4.78, 5) is 16.4. The summed E-state index contributed by atoms with van der Waals surface area (Å²) in [5, 5.41) is 0.827. The van der Waals surface area contributed by atoms with Crippen molar-refractivity contribution in [2.75, 3.05) is 0 Å². The minimum atomic E-state index is -0.279. The van der Waals surface area contributed by atoms with E-state index in [2.05, 4.69) is 24.3 Å². The van der Waals surface area contributed by atoms with Crippen LogP contribution >= 0.6 is 0 Å². The predicted molar refractivity (Wildman–Crippen MR) is 71.9 cm³/mol. The number of rotatable bonds is 3. The quantitative estimate of drug-likeness (QED) is 0.492. The summed E-state index contributed by atoms with van der Waals surface area (Å²) < 4.78 is 0. The molecule has 0 aliphatic heterocycles. The molecule has 1 aromatic carbocycles. The lowest BCUT2D eigenvalue weighted by Crippen LogP contribution is -2.30. The van der Waals surface area contributed by atoms with Crippen LogP contribution in [0.2, 0.25) is 0 Å². The van der Waals surface area contributed by atoms with Gasteiger partial charge >= 0.3 is 0 Å². The number of carbonyl (C=O) groups excluding carboxylic acids is 1. The number of nitrogens with one attached hydrogen (secondary N) is 1. The topological polar surface area (TPSA) is 68.0 Å². The van der Waals surface area contributed by atoms with Gasteiger partial charge in [0.25, 0.3) is 5.91 Å². The molecule has 1 amide bonds. The van der Waals surface area contributed by atoms with Crippen molar-refractivity contribution in [1.29, 1.82) is 0 Å². The number of nitrogen functional groups attached to an aromatic ring is 1. The van der Waals surface area contributed by atoms with Crippen molar-refractivity contribution in [3.05, 3.63) is 41.6 Å². The van der Waals surface area contributed by atoms with Crippen molar-refractivity contribution in [1.82, 2.24) is 10.4 Å². The summed E-state index contributed by atoms with van der Waals surface area (Å²) in [5.74, 6) is 5.44. The molecule has 18 heavy (non-hydrogen) atoms. The highest BCUT2D eigenvalue weighted by atomic mass is 16.2. The van der Waals surface area contributed by atoms with Gasteiger partial charge in [-0.25, -0.2) is 5.84 Å². The Labute approximate surface area is 106 Å². The molecule has 4 heteroatoms. The van der Waals surface area contributed by atoms with Crippen LogP contribution in [0.3, 0.4) is 0 Å². The summed E-state index contributed by atoms with van der Waals surface area (Å²) in [7, 11) is 0. The molecule has 0 radical (unpaired) electrons. The lowest BCUT2D eigenvalue weighted by atomic mass is 10.0. The van der Waals surface area contributed by atoms with Crippen molar-refractivity contribution >= 4 is 16.8 Å². The van der Waals surface area contributed by atoms with Crippen LogP contribution in [0.1, 0.15) is 29.9 Å². The van der Waals surface area contributed by atoms with E-state index in [1.165, 1.54) is 0 Å². The Kier molecular flexibility index (Phi) is 3.58. The first-order chi connectivity index (χ1) is 8.61. The average Bonchev–Trinajstić information content (AvgIpc) is 2.36. The minimum Gasteiger partial charge on any atom is -0.290 e. The molecule has 0 aliphatic carbocycles. The van der Waals surface area contributed by atoms with Crippen LogP contribution in [0, 0.1) is 5.92 Å². The summed E-state index contributed by atoms with van der Waals surface area (Å²) in [5.41, 5.74) is 4.52. The third kappa shape index (κ3) is 2.49. The van der Waals surface area contributed by atoms with Crippen molar-refractivity contribution < 1.29 is 4.79 Å². The van der Waals surface area contributed by atoms with Gasteiger partial charge in [-0.3, -0.25) is 15.2 Å². The molecular weight excluding hydrogens is 226 g/mol. The Hall–Kier alpha value is -1.94. The fourth-order valence-corrected chi connectivity index (χ4v) is 2.02. The Bertz CT molecular complexity index is 578. The van der Waals surface area contributed by atoms with Crippen molar-refractivity contribution in [2.45, 2.75) is 20.3 Å². The zero-order valence-electron chi connectivity index (χ0n) is 10.6. The zero-order valence-corrected chi connectivity index (χ0v) is 10.6. The Balaban J connectivity index is 2.60. The highest BCUT2D eigenvalue weighted by Crippen LogP contribution is 2.19. The van der Waals surface area contributed by atoms with Crippen LogP contribution in [0.5, 0.6) is 0 Å². The molecule has 0 aliphatic rings. The average molecular weight is 243 g/mol. The first kappa shape index (κ1) is 12.5. The fraction of sp³-hybridized carbons (Fsp3) is 0.286. The molecule has 4 nitrogen and oxygen atoms in total. The molecular formula is C14H17N3O.